The Balaban J connectivity index is 1.60. The summed E-state index contributed by atoms with van der Waals surface area (Å²) in [6.07, 6.45) is 5.33. The van der Waals surface area contributed by atoms with Gasteiger partial charge in [-0.1, -0.05) is 72.3 Å². The number of hydrogen-bond acceptors (Lipinski definition) is 4. The number of benzene rings is 2. The van der Waals surface area contributed by atoms with Crippen molar-refractivity contribution in [3.8, 4) is 0 Å². The molecule has 1 aliphatic carbocycles. The Hall–Kier alpha value is -3.74. The molecular formula is C32H39N3O4. The molecule has 4 rings (SSSR count). The zero-order chi connectivity index (χ0) is 28.2. The van der Waals surface area contributed by atoms with Gasteiger partial charge in [-0.25, -0.2) is 0 Å². The quantitative estimate of drug-likeness (QED) is 0.390. The molecule has 39 heavy (non-hydrogen) atoms. The molecule has 1 heterocycles. The van der Waals surface area contributed by atoms with Gasteiger partial charge in [-0.05, 0) is 51.7 Å². The highest BCUT2D eigenvalue weighted by molar-refractivity contribution is 6.05. The summed E-state index contributed by atoms with van der Waals surface area (Å²) in [4.78, 5) is 56.4. The summed E-state index contributed by atoms with van der Waals surface area (Å²) in [6, 6.07) is 16.8. The molecule has 2 aromatic carbocycles. The van der Waals surface area contributed by atoms with E-state index in [-0.39, 0.29) is 55.0 Å². The van der Waals surface area contributed by atoms with Crippen LogP contribution in [0.1, 0.15) is 56.7 Å². The summed E-state index contributed by atoms with van der Waals surface area (Å²) in [6.45, 7) is 8.00. The maximum Gasteiger partial charge on any atom is 0.243 e. The number of nitrogens with one attached hydrogen (secondary N) is 1. The van der Waals surface area contributed by atoms with Crippen molar-refractivity contribution in [3.05, 3.63) is 83.4 Å². The van der Waals surface area contributed by atoms with Crippen molar-refractivity contribution in [3.63, 3.8) is 0 Å². The van der Waals surface area contributed by atoms with Gasteiger partial charge in [0, 0.05) is 31.5 Å². The van der Waals surface area contributed by atoms with Crippen molar-refractivity contribution in [2.45, 2.75) is 71.5 Å². The van der Waals surface area contributed by atoms with E-state index < -0.39 is 11.6 Å². The number of nitrogens with zero attached hydrogens (tertiary/aromatic N) is 2. The fraction of sp³-hybridized carbons (Fsp3) is 0.438. The van der Waals surface area contributed by atoms with Crippen LogP contribution >= 0.6 is 0 Å². The first-order valence-corrected chi connectivity index (χ1v) is 13.7. The van der Waals surface area contributed by atoms with Gasteiger partial charge in [-0.2, -0.15) is 0 Å². The molecular weight excluding hydrogens is 490 g/mol. The topological polar surface area (TPSA) is 86.8 Å². The van der Waals surface area contributed by atoms with Crippen LogP contribution in [0.4, 0.5) is 0 Å². The largest absolute Gasteiger partial charge is 0.350 e. The Morgan fingerprint density at radius 3 is 2.08 bits per heavy atom. The van der Waals surface area contributed by atoms with E-state index in [4.69, 9.17) is 0 Å². The second-order valence-corrected chi connectivity index (χ2v) is 11.7. The molecule has 3 atom stereocenters. The number of imide groups is 1. The van der Waals surface area contributed by atoms with Gasteiger partial charge in [-0.3, -0.25) is 24.1 Å². The number of hydrogen-bond donors (Lipinski definition) is 1. The van der Waals surface area contributed by atoms with Crippen LogP contribution in [0.15, 0.2) is 66.7 Å². The first-order valence-electron chi connectivity index (χ1n) is 13.7. The maximum absolute atomic E-state index is 13.9. The maximum atomic E-state index is 13.9. The number of carbonyl (C=O) groups is 4. The number of carbonyl (C=O) groups excluding carboxylic acids is 4. The molecule has 0 aromatic heterocycles. The van der Waals surface area contributed by atoms with Crippen LogP contribution < -0.4 is 5.32 Å². The Morgan fingerprint density at radius 2 is 1.51 bits per heavy atom. The van der Waals surface area contributed by atoms with Crippen molar-refractivity contribution in [1.29, 1.82) is 0 Å². The SMILES string of the molecule is Cc1ccc(CN(C(=O)CCN2C(=O)[C@H]3CC=CC[C@H]3C2=O)[C@@H](Cc2ccccc2)C(=O)NC(C)(C)C)cc1. The molecule has 7 nitrogen and oxygen atoms in total. The Bertz CT molecular complexity index is 1200. The van der Waals surface area contributed by atoms with Gasteiger partial charge in [0.1, 0.15) is 6.04 Å². The second-order valence-electron chi connectivity index (χ2n) is 11.7. The first kappa shape index (κ1) is 28.3. The summed E-state index contributed by atoms with van der Waals surface area (Å²) in [5, 5.41) is 3.06. The highest BCUT2D eigenvalue weighted by atomic mass is 16.2. The molecule has 7 heteroatoms. The lowest BCUT2D eigenvalue weighted by molar-refractivity contribution is -0.144. The van der Waals surface area contributed by atoms with Gasteiger partial charge >= 0.3 is 0 Å². The summed E-state index contributed by atoms with van der Waals surface area (Å²) in [5.74, 6) is -1.56. The summed E-state index contributed by atoms with van der Waals surface area (Å²) < 4.78 is 0. The van der Waals surface area contributed by atoms with E-state index in [9.17, 15) is 19.2 Å². The number of rotatable bonds is 9. The van der Waals surface area contributed by atoms with Crippen molar-refractivity contribution >= 4 is 23.6 Å². The van der Waals surface area contributed by atoms with Crippen LogP contribution in [0.3, 0.4) is 0 Å². The van der Waals surface area contributed by atoms with E-state index in [0.717, 1.165) is 16.7 Å². The van der Waals surface area contributed by atoms with Gasteiger partial charge in [0.15, 0.2) is 0 Å². The molecule has 2 aromatic rings. The van der Waals surface area contributed by atoms with Crippen LogP contribution in [0, 0.1) is 18.8 Å². The van der Waals surface area contributed by atoms with Crippen molar-refractivity contribution < 1.29 is 19.2 Å². The average Bonchev–Trinajstić information content (AvgIpc) is 3.14. The summed E-state index contributed by atoms with van der Waals surface area (Å²) >= 11 is 0. The third-order valence-electron chi connectivity index (χ3n) is 7.39. The average molecular weight is 530 g/mol. The number of aryl methyl sites for hydroxylation is 1. The smallest absolute Gasteiger partial charge is 0.243 e. The molecule has 1 N–H and O–H groups in total. The van der Waals surface area contributed by atoms with Crippen LogP contribution in [-0.2, 0) is 32.1 Å². The van der Waals surface area contributed by atoms with Gasteiger partial charge in [-0.15, -0.1) is 0 Å². The van der Waals surface area contributed by atoms with Crippen molar-refractivity contribution in [2.24, 2.45) is 11.8 Å². The summed E-state index contributed by atoms with van der Waals surface area (Å²) in [5.41, 5.74) is 2.46. The minimum Gasteiger partial charge on any atom is -0.350 e. The van der Waals surface area contributed by atoms with E-state index in [1.165, 1.54) is 4.90 Å². The Labute approximate surface area is 231 Å². The lowest BCUT2D eigenvalue weighted by atomic mass is 9.85. The molecule has 2 aliphatic rings. The first-order chi connectivity index (χ1) is 18.5. The van der Waals surface area contributed by atoms with E-state index in [1.54, 1.807) is 4.90 Å². The lowest BCUT2D eigenvalue weighted by Gasteiger charge is -2.34. The molecule has 0 radical (unpaired) electrons. The number of fused-ring (bicyclic) bond motifs is 1. The minimum atomic E-state index is -0.766. The predicted molar refractivity (Wildman–Crippen MR) is 150 cm³/mol. The minimum absolute atomic E-state index is 0.0207. The van der Waals surface area contributed by atoms with Crippen molar-refractivity contribution in [2.75, 3.05) is 6.54 Å². The summed E-state index contributed by atoms with van der Waals surface area (Å²) in [7, 11) is 0. The third-order valence-corrected chi connectivity index (χ3v) is 7.39. The van der Waals surface area contributed by atoms with Crippen molar-refractivity contribution in [1.82, 2.24) is 15.1 Å². The van der Waals surface area contributed by atoms with Crippen LogP contribution in [0.5, 0.6) is 0 Å². The van der Waals surface area contributed by atoms with E-state index in [0.29, 0.717) is 19.3 Å². The molecule has 0 saturated carbocycles. The molecule has 1 aliphatic heterocycles. The lowest BCUT2D eigenvalue weighted by Crippen LogP contribution is -2.54. The zero-order valence-electron chi connectivity index (χ0n) is 23.4. The second kappa shape index (κ2) is 12.0. The van der Waals surface area contributed by atoms with Crippen LogP contribution in [0.2, 0.25) is 0 Å². The highest BCUT2D eigenvalue weighted by Crippen LogP contribution is 2.35. The van der Waals surface area contributed by atoms with Crippen LogP contribution in [-0.4, -0.2) is 51.6 Å². The predicted octanol–water partition coefficient (Wildman–Crippen LogP) is 4.19. The highest BCUT2D eigenvalue weighted by Gasteiger charge is 2.47. The van der Waals surface area contributed by atoms with E-state index in [1.807, 2.05) is 94.4 Å². The third kappa shape index (κ3) is 7.02. The zero-order valence-corrected chi connectivity index (χ0v) is 23.4. The van der Waals surface area contributed by atoms with Gasteiger partial charge in [0.2, 0.25) is 23.6 Å². The van der Waals surface area contributed by atoms with Gasteiger partial charge < -0.3 is 10.2 Å². The van der Waals surface area contributed by atoms with Gasteiger partial charge in [0.25, 0.3) is 0 Å². The Morgan fingerprint density at radius 1 is 0.923 bits per heavy atom. The van der Waals surface area contributed by atoms with Crippen LogP contribution in [0.25, 0.3) is 0 Å². The molecule has 1 saturated heterocycles. The van der Waals surface area contributed by atoms with E-state index in [2.05, 4.69) is 5.32 Å². The number of amides is 4. The fourth-order valence-corrected chi connectivity index (χ4v) is 5.34. The van der Waals surface area contributed by atoms with E-state index >= 15 is 0 Å². The fourth-order valence-electron chi connectivity index (χ4n) is 5.34. The standard InChI is InChI=1S/C32H39N3O4/c1-22-14-16-24(17-15-22)21-35(27(29(37)33-32(2,3)4)20-23-10-6-5-7-11-23)28(36)18-19-34-30(38)25-12-8-9-13-26(25)31(34)39/h5-11,14-17,25-27H,12-13,18-21H2,1-4H3,(H,33,37)/t25-,26+,27-/m0/s1. The molecule has 0 spiro atoms. The number of likely N-dealkylation sites (tertiary alicyclic amines) is 1. The normalized spacial score (nSPS) is 19.5. The Kier molecular flexibility index (Phi) is 8.68. The molecule has 206 valence electrons. The number of allylic oxidation sites excluding steroid dienone is 2. The molecule has 0 unspecified atom stereocenters. The monoisotopic (exact) mass is 529 g/mol. The molecule has 4 amide bonds. The molecule has 1 fully saturated rings. The molecule has 0 bridgehead atoms. The van der Waals surface area contributed by atoms with Gasteiger partial charge in [0.05, 0.1) is 11.8 Å².